The minimum atomic E-state index is -4.34. The molecule has 1 atom stereocenters. The van der Waals surface area contributed by atoms with Gasteiger partial charge < -0.3 is 28.4 Å². The van der Waals surface area contributed by atoms with Crippen LogP contribution in [0.4, 0.5) is 26.3 Å². The van der Waals surface area contributed by atoms with Crippen LogP contribution in [0.2, 0.25) is 0 Å². The quantitative estimate of drug-likeness (QED) is 0.0290. The predicted octanol–water partition coefficient (Wildman–Crippen LogP) is 16.6. The lowest BCUT2D eigenvalue weighted by molar-refractivity contribution is -0.172. The normalized spacial score (nSPS) is 12.0. The second kappa shape index (κ2) is 32.5. The number of alkyl halides is 6. The molecule has 0 bridgehead atoms. The van der Waals surface area contributed by atoms with Crippen molar-refractivity contribution in [1.29, 1.82) is 0 Å². The third-order valence-corrected chi connectivity index (χ3v) is 13.4. The van der Waals surface area contributed by atoms with Gasteiger partial charge in [-0.1, -0.05) is 124 Å². The first-order valence-corrected chi connectivity index (χ1v) is 26.1. The summed E-state index contributed by atoms with van der Waals surface area (Å²) in [5.41, 5.74) is 1.83. The number of rotatable bonds is 24. The Bertz CT molecular complexity index is 2440. The summed E-state index contributed by atoms with van der Waals surface area (Å²) in [7, 11) is 0. The molecular formula is C60H82F6O10. The molecule has 0 aliphatic carbocycles. The molecule has 0 aromatic heterocycles. The lowest BCUT2D eigenvalue weighted by Crippen LogP contribution is -2.38. The Morgan fingerprint density at radius 2 is 0.961 bits per heavy atom. The summed E-state index contributed by atoms with van der Waals surface area (Å²) in [5, 5.41) is 3.94. The fourth-order valence-electron chi connectivity index (χ4n) is 6.96. The molecule has 1 unspecified atom stereocenters. The highest BCUT2D eigenvalue weighted by Crippen LogP contribution is 2.32. The van der Waals surface area contributed by atoms with Crippen molar-refractivity contribution in [3.63, 3.8) is 0 Å². The first kappa shape index (κ1) is 68.0. The van der Waals surface area contributed by atoms with Crippen molar-refractivity contribution in [3.8, 4) is 11.5 Å². The number of benzene rings is 4. The Morgan fingerprint density at radius 3 is 1.34 bits per heavy atom. The molecule has 4 rings (SSSR count). The fraction of sp³-hybridized carbons (Fsp3) is 0.533. The van der Waals surface area contributed by atoms with Crippen molar-refractivity contribution in [2.24, 2.45) is 5.41 Å². The Balaban J connectivity index is 0.000000525. The summed E-state index contributed by atoms with van der Waals surface area (Å²) in [6, 6.07) is 22.6. The number of carbonyl (C=O) groups is 4. The number of carbonyl (C=O) groups excluding carboxylic acids is 4. The Labute approximate surface area is 446 Å². The fourth-order valence-corrected chi connectivity index (χ4v) is 6.96. The van der Waals surface area contributed by atoms with E-state index in [1.54, 1.807) is 37.3 Å². The van der Waals surface area contributed by atoms with Gasteiger partial charge in [0, 0.05) is 5.57 Å². The average molecular weight is 1080 g/mol. The number of halogens is 6. The summed E-state index contributed by atoms with van der Waals surface area (Å²) in [5.74, 6) is -0.603. The van der Waals surface area contributed by atoms with E-state index in [4.69, 9.17) is 18.9 Å². The van der Waals surface area contributed by atoms with Gasteiger partial charge in [0.2, 0.25) is 0 Å². The monoisotopic (exact) mass is 1080 g/mol. The van der Waals surface area contributed by atoms with Crippen LogP contribution in [0, 0.1) is 5.41 Å². The van der Waals surface area contributed by atoms with E-state index in [1.165, 1.54) is 5.56 Å². The molecule has 0 aliphatic rings. The molecule has 0 saturated heterocycles. The van der Waals surface area contributed by atoms with Crippen molar-refractivity contribution in [2.45, 2.75) is 177 Å². The third-order valence-electron chi connectivity index (χ3n) is 13.4. The summed E-state index contributed by atoms with van der Waals surface area (Å²) in [6.45, 7) is 29.3. The molecule has 0 radical (unpaired) electrons. The first-order valence-electron chi connectivity index (χ1n) is 26.1. The van der Waals surface area contributed by atoms with Crippen LogP contribution in [0.1, 0.15) is 164 Å². The summed E-state index contributed by atoms with van der Waals surface area (Å²) >= 11 is 0. The molecule has 0 fully saturated rings. The highest BCUT2D eigenvalue weighted by atomic mass is 19.4. The van der Waals surface area contributed by atoms with Crippen molar-refractivity contribution in [3.05, 3.63) is 103 Å². The highest BCUT2D eigenvalue weighted by molar-refractivity contribution is 5.88. The van der Waals surface area contributed by atoms with Gasteiger partial charge in [-0.25, -0.2) is 14.4 Å². The number of hydrogen-bond acceptors (Lipinski definition) is 10. The molecule has 0 N–H and O–H groups in total. The van der Waals surface area contributed by atoms with Gasteiger partial charge in [-0.05, 0) is 141 Å². The van der Waals surface area contributed by atoms with E-state index >= 15 is 0 Å². The Morgan fingerprint density at radius 1 is 0.566 bits per heavy atom. The third kappa shape index (κ3) is 24.7. The van der Waals surface area contributed by atoms with Gasteiger partial charge in [-0.2, -0.15) is 26.3 Å². The van der Waals surface area contributed by atoms with E-state index in [0.717, 1.165) is 78.5 Å². The van der Waals surface area contributed by atoms with Crippen LogP contribution in [0.5, 0.6) is 11.5 Å². The maximum atomic E-state index is 12.0. The van der Waals surface area contributed by atoms with Gasteiger partial charge in [0.15, 0.2) is 13.2 Å². The number of fused-ring (bicyclic) bond motifs is 2. The summed E-state index contributed by atoms with van der Waals surface area (Å²) < 4.78 is 102. The van der Waals surface area contributed by atoms with Crippen LogP contribution in [-0.4, -0.2) is 73.9 Å². The average Bonchev–Trinajstić information content (AvgIpc) is 3.39. The highest BCUT2D eigenvalue weighted by Gasteiger charge is 2.35. The molecule has 424 valence electrons. The lowest BCUT2D eigenvalue weighted by Gasteiger charge is -2.34. The molecule has 76 heavy (non-hydrogen) atoms. The van der Waals surface area contributed by atoms with Crippen LogP contribution in [0.3, 0.4) is 0 Å². The molecule has 16 heteroatoms. The van der Waals surface area contributed by atoms with Gasteiger partial charge in [0.25, 0.3) is 0 Å². The molecule has 0 heterocycles. The van der Waals surface area contributed by atoms with Crippen molar-refractivity contribution in [2.75, 3.05) is 26.4 Å². The number of esters is 4. The van der Waals surface area contributed by atoms with E-state index in [0.29, 0.717) is 23.0 Å². The summed E-state index contributed by atoms with van der Waals surface area (Å²) in [4.78, 5) is 46.0. The van der Waals surface area contributed by atoms with Crippen LogP contribution >= 0.6 is 0 Å². The lowest BCUT2D eigenvalue weighted by atomic mass is 9.88. The first-order chi connectivity index (χ1) is 35.5. The molecular weight excluding hydrogens is 995 g/mol. The molecule has 4 aromatic carbocycles. The minimum Gasteiger partial charge on any atom is -0.482 e. The summed E-state index contributed by atoms with van der Waals surface area (Å²) in [6.07, 6.45) is -2.13. The Kier molecular flexibility index (Phi) is 29.1. The molecule has 0 saturated carbocycles. The van der Waals surface area contributed by atoms with E-state index in [9.17, 15) is 45.5 Å². The molecule has 0 amide bonds. The second-order valence-corrected chi connectivity index (χ2v) is 19.1. The maximum absolute atomic E-state index is 12.0. The zero-order valence-electron chi connectivity index (χ0n) is 46.7. The van der Waals surface area contributed by atoms with Crippen LogP contribution in [0.15, 0.2) is 91.5 Å². The SMILES string of the molecule is C=C(C)C(=O)OC(CC)(CC)CC.C=Cc1ccc2cc(OCC(=O)OCCC(F)(F)F)ccc2c1.CCC(C)c1ccc2cc(OCC(=O)OCCC(F)(F)F)ccc2c1.CCC(CC)(CC)OC(=O)C(C)(C)CC. The standard InChI is InChI=1S/C19H21F3O3.C17H15F3O3.C13H26O2.C11H20O2/c1-3-13(2)14-4-5-16-11-17(7-6-15(16)10-14)25-12-18(23)24-9-8-19(20,21)22;1-2-12-3-4-14-10-15(6-5-13(14)9-12)23-11-16(21)22-8-7-17(18,19)20;1-7-12(5,6)11(14)15-13(8-2,9-3)10-4;1-6-11(7-2,8-3)13-10(12)9(4)5/h4-7,10-11,13H,3,8-9,12H2,1-2H3;2-6,9-10H,1,7-8,11H2;7-10H2,1-6H3;4,6-8H2,1-3,5H3. The zero-order chi connectivity index (χ0) is 57.9. The smallest absolute Gasteiger partial charge is 0.392 e. The van der Waals surface area contributed by atoms with Crippen molar-refractivity contribution >= 4 is 51.5 Å². The van der Waals surface area contributed by atoms with E-state index in [-0.39, 0.29) is 28.6 Å². The van der Waals surface area contributed by atoms with Gasteiger partial charge in [0.1, 0.15) is 35.9 Å². The molecule has 0 aliphatic heterocycles. The van der Waals surface area contributed by atoms with Gasteiger partial charge in [0.05, 0.1) is 18.3 Å². The van der Waals surface area contributed by atoms with Crippen LogP contribution in [-0.2, 0) is 38.1 Å². The minimum absolute atomic E-state index is 0.0597. The molecule has 10 nitrogen and oxygen atoms in total. The van der Waals surface area contributed by atoms with Crippen LogP contribution in [0.25, 0.3) is 27.6 Å². The molecule has 4 aromatic rings. The van der Waals surface area contributed by atoms with Gasteiger partial charge in [-0.15, -0.1) is 0 Å². The van der Waals surface area contributed by atoms with Crippen molar-refractivity contribution in [1.82, 2.24) is 0 Å². The maximum Gasteiger partial charge on any atom is 0.392 e. The van der Waals surface area contributed by atoms with E-state index in [1.807, 2.05) is 77.9 Å². The molecule has 0 spiro atoms. The largest absolute Gasteiger partial charge is 0.482 e. The van der Waals surface area contributed by atoms with Gasteiger partial charge >= 0.3 is 36.2 Å². The van der Waals surface area contributed by atoms with E-state index in [2.05, 4.69) is 69.4 Å². The topological polar surface area (TPSA) is 124 Å². The number of ether oxygens (including phenoxy) is 6. The van der Waals surface area contributed by atoms with Crippen molar-refractivity contribution < 1.29 is 73.9 Å². The van der Waals surface area contributed by atoms with Gasteiger partial charge in [-0.3, -0.25) is 4.79 Å². The van der Waals surface area contributed by atoms with E-state index < -0.39 is 63.6 Å². The Hall–Kier alpha value is -6.06. The van der Waals surface area contributed by atoms with Crippen LogP contribution < -0.4 is 9.47 Å². The number of hydrogen-bond donors (Lipinski definition) is 0. The predicted molar refractivity (Wildman–Crippen MR) is 289 cm³/mol. The zero-order valence-corrected chi connectivity index (χ0v) is 46.7. The second-order valence-electron chi connectivity index (χ2n) is 19.1.